The zero-order valence-corrected chi connectivity index (χ0v) is 15.0. The van der Waals surface area contributed by atoms with Crippen LogP contribution in [0.1, 0.15) is 26.5 Å². The summed E-state index contributed by atoms with van der Waals surface area (Å²) in [5, 5.41) is 6.93. The summed E-state index contributed by atoms with van der Waals surface area (Å²) >= 11 is 0. The van der Waals surface area contributed by atoms with Crippen LogP contribution in [0, 0.1) is 0 Å². The molecule has 0 unspecified atom stereocenters. The smallest absolute Gasteiger partial charge is 0.337 e. The Kier molecular flexibility index (Phi) is 4.60. The van der Waals surface area contributed by atoms with Gasteiger partial charge in [-0.1, -0.05) is 42.5 Å². The van der Waals surface area contributed by atoms with Crippen LogP contribution in [0.3, 0.4) is 0 Å². The molecule has 1 heterocycles. The van der Waals surface area contributed by atoms with Gasteiger partial charge in [-0.3, -0.25) is 4.79 Å². The molecule has 0 saturated carbocycles. The molecule has 138 valence electrons. The molecule has 0 aliphatic heterocycles. The summed E-state index contributed by atoms with van der Waals surface area (Å²) in [6, 6.07) is 20.1. The van der Waals surface area contributed by atoms with Crippen molar-refractivity contribution in [2.45, 2.75) is 0 Å². The van der Waals surface area contributed by atoms with Crippen molar-refractivity contribution in [3.8, 4) is 0 Å². The summed E-state index contributed by atoms with van der Waals surface area (Å²) in [6.45, 7) is 0. The van der Waals surface area contributed by atoms with Crippen molar-refractivity contribution in [3.63, 3.8) is 0 Å². The summed E-state index contributed by atoms with van der Waals surface area (Å²) < 4.78 is 10.3. The van der Waals surface area contributed by atoms with Gasteiger partial charge in [0.1, 0.15) is 5.58 Å². The van der Waals surface area contributed by atoms with E-state index in [9.17, 15) is 9.59 Å². The third-order valence-corrected chi connectivity index (χ3v) is 4.36. The van der Waals surface area contributed by atoms with Gasteiger partial charge in [0, 0.05) is 5.39 Å². The molecule has 0 aliphatic rings. The van der Waals surface area contributed by atoms with E-state index in [4.69, 9.17) is 4.42 Å². The first-order valence-electron chi connectivity index (χ1n) is 8.59. The van der Waals surface area contributed by atoms with Crippen LogP contribution in [0.5, 0.6) is 0 Å². The molecule has 1 aromatic heterocycles. The molecule has 3 aromatic carbocycles. The summed E-state index contributed by atoms with van der Waals surface area (Å²) in [5.74, 6) is -0.665. The second-order valence-electron chi connectivity index (χ2n) is 6.12. The maximum Gasteiger partial charge on any atom is 0.337 e. The number of ether oxygens (including phenoxy) is 1. The molecule has 6 nitrogen and oxygen atoms in total. The lowest BCUT2D eigenvalue weighted by molar-refractivity contribution is 0.0600. The number of amides is 1. The van der Waals surface area contributed by atoms with E-state index >= 15 is 0 Å². The monoisotopic (exact) mass is 372 g/mol. The number of hydrogen-bond donors (Lipinski definition) is 1. The Morgan fingerprint density at radius 2 is 1.79 bits per heavy atom. The molecule has 0 radical (unpaired) electrons. The van der Waals surface area contributed by atoms with Crippen molar-refractivity contribution in [2.75, 3.05) is 7.11 Å². The number of nitrogens with zero attached hydrogens (tertiary/aromatic N) is 1. The SMILES string of the molecule is COC(=O)c1ccc(/C=N/NC(=O)c2cc3c(ccc4ccccc43)o2)cc1. The average Bonchev–Trinajstić information content (AvgIpc) is 3.19. The predicted molar refractivity (Wildman–Crippen MR) is 107 cm³/mol. The van der Waals surface area contributed by atoms with E-state index in [0.717, 1.165) is 21.7 Å². The molecule has 4 aromatic rings. The molecule has 0 saturated heterocycles. The largest absolute Gasteiger partial charge is 0.465 e. The number of benzene rings is 3. The van der Waals surface area contributed by atoms with Crippen LogP contribution >= 0.6 is 0 Å². The van der Waals surface area contributed by atoms with Gasteiger partial charge in [0.25, 0.3) is 0 Å². The highest BCUT2D eigenvalue weighted by Gasteiger charge is 2.13. The van der Waals surface area contributed by atoms with Crippen LogP contribution in [-0.4, -0.2) is 25.2 Å². The van der Waals surface area contributed by atoms with Crippen LogP contribution in [0.4, 0.5) is 0 Å². The van der Waals surface area contributed by atoms with Gasteiger partial charge in [0.2, 0.25) is 0 Å². The first kappa shape index (κ1) is 17.5. The molecule has 1 amide bonds. The zero-order chi connectivity index (χ0) is 19.5. The first-order chi connectivity index (χ1) is 13.7. The Balaban J connectivity index is 1.50. The normalized spacial score (nSPS) is 11.2. The minimum absolute atomic E-state index is 0.185. The second kappa shape index (κ2) is 7.36. The molecule has 1 N–H and O–H groups in total. The van der Waals surface area contributed by atoms with Gasteiger partial charge in [0.05, 0.1) is 18.9 Å². The van der Waals surface area contributed by atoms with Crippen LogP contribution in [0.2, 0.25) is 0 Å². The molecule has 0 bridgehead atoms. The van der Waals surface area contributed by atoms with Gasteiger partial charge in [-0.15, -0.1) is 0 Å². The van der Waals surface area contributed by atoms with E-state index < -0.39 is 11.9 Å². The number of furan rings is 1. The standard InChI is InChI=1S/C22H16N2O4/c1-27-22(26)16-8-6-14(7-9-16)13-23-24-21(25)20-12-18-17-5-3-2-4-15(17)10-11-19(18)28-20/h2-13H,1H3,(H,24,25)/b23-13+. The number of carbonyl (C=O) groups is 2. The van der Waals surface area contributed by atoms with Crippen molar-refractivity contribution in [2.24, 2.45) is 5.10 Å². The van der Waals surface area contributed by atoms with Gasteiger partial charge in [0.15, 0.2) is 5.76 Å². The van der Waals surface area contributed by atoms with Crippen molar-refractivity contribution in [1.29, 1.82) is 0 Å². The minimum Gasteiger partial charge on any atom is -0.465 e. The van der Waals surface area contributed by atoms with Gasteiger partial charge >= 0.3 is 11.9 Å². The minimum atomic E-state index is -0.442. The Bertz CT molecular complexity index is 1210. The molecular weight excluding hydrogens is 356 g/mol. The fraction of sp³-hybridized carbons (Fsp3) is 0.0455. The number of hydrogen-bond acceptors (Lipinski definition) is 5. The maximum absolute atomic E-state index is 12.3. The van der Waals surface area contributed by atoms with Crippen molar-refractivity contribution >= 4 is 39.8 Å². The van der Waals surface area contributed by atoms with E-state index in [1.165, 1.54) is 13.3 Å². The Morgan fingerprint density at radius 3 is 2.57 bits per heavy atom. The summed E-state index contributed by atoms with van der Waals surface area (Å²) in [7, 11) is 1.33. The quantitative estimate of drug-likeness (QED) is 0.332. The number of esters is 1. The highest BCUT2D eigenvalue weighted by molar-refractivity contribution is 6.08. The van der Waals surface area contributed by atoms with Gasteiger partial charge < -0.3 is 9.15 Å². The Hall–Kier alpha value is -3.93. The van der Waals surface area contributed by atoms with Crippen LogP contribution in [0.15, 0.2) is 76.2 Å². The number of methoxy groups -OCH3 is 1. The molecule has 0 spiro atoms. The zero-order valence-electron chi connectivity index (χ0n) is 15.0. The summed E-state index contributed by atoms with van der Waals surface area (Å²) in [5.41, 5.74) is 4.26. The molecule has 6 heteroatoms. The second-order valence-corrected chi connectivity index (χ2v) is 6.12. The molecule has 0 aliphatic carbocycles. The molecule has 0 atom stereocenters. The summed E-state index contributed by atoms with van der Waals surface area (Å²) in [6.07, 6.45) is 1.48. The molecule has 4 rings (SSSR count). The lowest BCUT2D eigenvalue weighted by Crippen LogP contribution is -2.16. The van der Waals surface area contributed by atoms with Crippen LogP contribution in [0.25, 0.3) is 21.7 Å². The average molecular weight is 372 g/mol. The highest BCUT2D eigenvalue weighted by Crippen LogP contribution is 2.28. The van der Waals surface area contributed by atoms with E-state index in [0.29, 0.717) is 11.1 Å². The molecule has 0 fully saturated rings. The van der Waals surface area contributed by atoms with E-state index in [1.54, 1.807) is 30.3 Å². The van der Waals surface area contributed by atoms with Gasteiger partial charge in [-0.2, -0.15) is 5.10 Å². The number of rotatable bonds is 4. The number of fused-ring (bicyclic) bond motifs is 3. The Morgan fingerprint density at radius 1 is 1.00 bits per heavy atom. The lowest BCUT2D eigenvalue weighted by Gasteiger charge is -1.99. The summed E-state index contributed by atoms with van der Waals surface area (Å²) in [4.78, 5) is 23.8. The van der Waals surface area contributed by atoms with E-state index in [2.05, 4.69) is 15.3 Å². The van der Waals surface area contributed by atoms with E-state index in [1.807, 2.05) is 36.4 Å². The maximum atomic E-state index is 12.3. The number of nitrogens with one attached hydrogen (secondary N) is 1. The lowest BCUT2D eigenvalue weighted by atomic mass is 10.1. The van der Waals surface area contributed by atoms with Crippen LogP contribution < -0.4 is 5.43 Å². The van der Waals surface area contributed by atoms with Gasteiger partial charge in [-0.05, 0) is 40.6 Å². The third-order valence-electron chi connectivity index (χ3n) is 4.36. The number of carbonyl (C=O) groups excluding carboxylic acids is 2. The van der Waals surface area contributed by atoms with Crippen molar-refractivity contribution in [3.05, 3.63) is 83.6 Å². The van der Waals surface area contributed by atoms with Crippen molar-refractivity contribution in [1.82, 2.24) is 5.43 Å². The van der Waals surface area contributed by atoms with Crippen molar-refractivity contribution < 1.29 is 18.7 Å². The predicted octanol–water partition coefficient (Wildman–Crippen LogP) is 4.14. The number of hydrazone groups is 1. The van der Waals surface area contributed by atoms with Gasteiger partial charge in [-0.25, -0.2) is 10.2 Å². The van der Waals surface area contributed by atoms with E-state index in [-0.39, 0.29) is 5.76 Å². The fourth-order valence-electron chi connectivity index (χ4n) is 2.95. The highest BCUT2D eigenvalue weighted by atomic mass is 16.5. The fourth-order valence-corrected chi connectivity index (χ4v) is 2.95. The third kappa shape index (κ3) is 3.35. The Labute approximate surface area is 160 Å². The molecular formula is C22H16N2O4. The molecule has 28 heavy (non-hydrogen) atoms. The van der Waals surface area contributed by atoms with Crippen LogP contribution in [-0.2, 0) is 4.74 Å². The topological polar surface area (TPSA) is 80.9 Å². The first-order valence-corrected chi connectivity index (χ1v) is 8.59.